The molecule has 0 radical (unpaired) electrons. The highest BCUT2D eigenvalue weighted by atomic mass is 32.3. The van der Waals surface area contributed by atoms with Gasteiger partial charge in [0.05, 0.1) is 18.8 Å². The van der Waals surface area contributed by atoms with Crippen LogP contribution in [0, 0.1) is 0 Å². The van der Waals surface area contributed by atoms with E-state index in [0.29, 0.717) is 12.3 Å². The lowest BCUT2D eigenvalue weighted by atomic mass is 10.0. The first-order valence-corrected chi connectivity index (χ1v) is 10.7. The van der Waals surface area contributed by atoms with Gasteiger partial charge in [-0.3, -0.25) is 4.55 Å². The molecule has 0 aromatic rings. The summed E-state index contributed by atoms with van der Waals surface area (Å²) in [7, 11) is -4.80. The predicted molar refractivity (Wildman–Crippen MR) is 96.7 cm³/mol. The van der Waals surface area contributed by atoms with Crippen LogP contribution in [0.25, 0.3) is 0 Å². The summed E-state index contributed by atoms with van der Waals surface area (Å²) in [5.74, 6) is -0.958. The summed E-state index contributed by atoms with van der Waals surface area (Å²) in [6.45, 7) is -0.0675. The van der Waals surface area contributed by atoms with Crippen molar-refractivity contribution in [1.82, 2.24) is 5.32 Å². The van der Waals surface area contributed by atoms with Crippen LogP contribution in [-0.2, 0) is 33.6 Å². The average molecular weight is 463 g/mol. The number of carboxylic acid groups (broad SMARTS) is 1. The van der Waals surface area contributed by atoms with Crippen molar-refractivity contribution in [2.75, 3.05) is 25.4 Å². The fourth-order valence-corrected chi connectivity index (χ4v) is 3.53. The summed E-state index contributed by atoms with van der Waals surface area (Å²) >= 11 is 4.03. The van der Waals surface area contributed by atoms with Gasteiger partial charge in [-0.1, -0.05) is 0 Å². The molecule has 0 saturated carbocycles. The second kappa shape index (κ2) is 10.6. The predicted octanol–water partition coefficient (Wildman–Crippen LogP) is -3.24. The molecule has 2 aliphatic heterocycles. The molecule has 29 heavy (non-hydrogen) atoms. The van der Waals surface area contributed by atoms with Gasteiger partial charge in [-0.15, -0.1) is 0 Å². The minimum atomic E-state index is -4.80. The molecular formula is C14H25NO12S2. The summed E-state index contributed by atoms with van der Waals surface area (Å²) in [6.07, 6.45) is -11.1. The Morgan fingerprint density at radius 2 is 1.86 bits per heavy atom. The number of carbonyl (C=O) groups is 1. The van der Waals surface area contributed by atoms with Crippen molar-refractivity contribution in [1.29, 1.82) is 0 Å². The Hall–Kier alpha value is -0.590. The maximum Gasteiger partial charge on any atom is 0.397 e. The van der Waals surface area contributed by atoms with Crippen molar-refractivity contribution in [2.45, 2.75) is 55.4 Å². The zero-order valence-electron chi connectivity index (χ0n) is 15.1. The minimum Gasteiger partial charge on any atom is -0.479 e. The molecule has 6 N–H and O–H groups in total. The Labute approximate surface area is 172 Å². The van der Waals surface area contributed by atoms with Crippen molar-refractivity contribution >= 4 is 29.0 Å². The number of carboxylic acids is 1. The van der Waals surface area contributed by atoms with Gasteiger partial charge in [-0.25, -0.2) is 8.98 Å². The zero-order valence-corrected chi connectivity index (χ0v) is 16.8. The molecule has 0 aromatic carbocycles. The normalized spacial score (nSPS) is 38.2. The number of aliphatic hydroxyl groups is 3. The third-order valence-electron chi connectivity index (χ3n) is 4.41. The number of rotatable bonds is 10. The first-order valence-electron chi connectivity index (χ1n) is 8.70. The molecule has 0 amide bonds. The Bertz CT molecular complexity index is 649. The fourth-order valence-electron chi connectivity index (χ4n) is 3.07. The van der Waals surface area contributed by atoms with Crippen molar-refractivity contribution in [3.63, 3.8) is 0 Å². The SMILES string of the molecule is O=C(O)C1O[C@@H](O[C@@H]2C(O)[C@H](CNCCS)O[C@@H]2COS(=O)(=O)O)[C@@H](O)C[C@@H]1O. The average Bonchev–Trinajstić information content (AvgIpc) is 2.90. The Morgan fingerprint density at radius 1 is 1.17 bits per heavy atom. The van der Waals surface area contributed by atoms with Crippen LogP contribution in [0.15, 0.2) is 0 Å². The largest absolute Gasteiger partial charge is 0.479 e. The lowest BCUT2D eigenvalue weighted by molar-refractivity contribution is -0.286. The third-order valence-corrected chi connectivity index (χ3v) is 5.07. The fraction of sp³-hybridized carbons (Fsp3) is 0.929. The van der Waals surface area contributed by atoms with E-state index in [-0.39, 0.29) is 13.0 Å². The van der Waals surface area contributed by atoms with Crippen LogP contribution >= 0.6 is 12.6 Å². The monoisotopic (exact) mass is 463 g/mol. The van der Waals surface area contributed by atoms with Crippen molar-refractivity contribution in [3.05, 3.63) is 0 Å². The summed E-state index contributed by atoms with van der Waals surface area (Å²) < 4.78 is 50.9. The van der Waals surface area contributed by atoms with E-state index in [1.165, 1.54) is 0 Å². The van der Waals surface area contributed by atoms with Gasteiger partial charge in [0, 0.05) is 25.3 Å². The Morgan fingerprint density at radius 3 is 2.45 bits per heavy atom. The van der Waals surface area contributed by atoms with E-state index in [9.17, 15) is 28.5 Å². The molecule has 170 valence electrons. The Balaban J connectivity index is 2.10. The molecule has 0 spiro atoms. The molecule has 2 fully saturated rings. The minimum absolute atomic E-state index is 0.147. The van der Waals surface area contributed by atoms with Gasteiger partial charge in [0.25, 0.3) is 0 Å². The Kier molecular flexibility index (Phi) is 9.05. The lowest BCUT2D eigenvalue weighted by Gasteiger charge is -2.37. The molecule has 2 rings (SSSR count). The molecule has 15 heteroatoms. The molecule has 2 unspecified atom stereocenters. The number of aliphatic carboxylic acids is 1. The highest BCUT2D eigenvalue weighted by Gasteiger charge is 2.49. The van der Waals surface area contributed by atoms with E-state index in [1.54, 1.807) is 0 Å². The van der Waals surface area contributed by atoms with Gasteiger partial charge in [0.1, 0.15) is 24.4 Å². The third kappa shape index (κ3) is 6.96. The standard InChI is InChI=1S/C14H25NO12S2/c16-6-3-7(17)14(26-11(6)13(19)20)27-12-9(5-24-29(21,22)23)25-8(10(12)18)4-15-1-2-28/h6-12,14-18,28H,1-5H2,(H,19,20)(H,21,22,23)/t6-,7-,8-,9+,10?,11?,12-,14-/m0/s1. The topological polar surface area (TPSA) is 201 Å². The van der Waals surface area contributed by atoms with Crippen LogP contribution < -0.4 is 5.32 Å². The van der Waals surface area contributed by atoms with Crippen molar-refractivity contribution in [2.24, 2.45) is 0 Å². The van der Waals surface area contributed by atoms with Crippen LogP contribution in [0.2, 0.25) is 0 Å². The van der Waals surface area contributed by atoms with Crippen molar-refractivity contribution in [3.8, 4) is 0 Å². The quantitative estimate of drug-likeness (QED) is 0.0968. The number of ether oxygens (including phenoxy) is 3. The molecule has 2 saturated heterocycles. The van der Waals surface area contributed by atoms with Gasteiger partial charge >= 0.3 is 16.4 Å². The molecule has 13 nitrogen and oxygen atoms in total. The van der Waals surface area contributed by atoms with Gasteiger partial charge in [0.2, 0.25) is 0 Å². The van der Waals surface area contributed by atoms with E-state index in [2.05, 4.69) is 22.1 Å². The molecular weight excluding hydrogens is 438 g/mol. The summed E-state index contributed by atoms with van der Waals surface area (Å²) in [5, 5.41) is 42.3. The van der Waals surface area contributed by atoms with Crippen LogP contribution in [0.1, 0.15) is 6.42 Å². The summed E-state index contributed by atoms with van der Waals surface area (Å²) in [4.78, 5) is 11.2. The number of aliphatic hydroxyl groups excluding tert-OH is 3. The smallest absolute Gasteiger partial charge is 0.397 e. The zero-order chi connectivity index (χ0) is 21.8. The van der Waals surface area contributed by atoms with E-state index in [4.69, 9.17) is 23.9 Å². The van der Waals surface area contributed by atoms with Gasteiger partial charge in [-0.2, -0.15) is 21.0 Å². The number of thiol groups is 1. The van der Waals surface area contributed by atoms with Crippen LogP contribution in [0.3, 0.4) is 0 Å². The van der Waals surface area contributed by atoms with E-state index in [0.717, 1.165) is 0 Å². The number of nitrogens with one attached hydrogen (secondary N) is 1. The van der Waals surface area contributed by atoms with E-state index in [1.807, 2.05) is 0 Å². The molecule has 0 bridgehead atoms. The maximum absolute atomic E-state index is 11.2. The lowest BCUT2D eigenvalue weighted by Crippen LogP contribution is -2.54. The molecule has 0 aromatic heterocycles. The van der Waals surface area contributed by atoms with Gasteiger partial charge < -0.3 is 40.0 Å². The van der Waals surface area contributed by atoms with Gasteiger partial charge in [-0.05, 0) is 0 Å². The number of hydrogen-bond acceptors (Lipinski definition) is 12. The van der Waals surface area contributed by atoms with E-state index >= 15 is 0 Å². The first kappa shape index (κ1) is 24.7. The summed E-state index contributed by atoms with van der Waals surface area (Å²) in [6, 6.07) is 0. The second-order valence-corrected chi connectivity index (χ2v) is 8.12. The van der Waals surface area contributed by atoms with Crippen LogP contribution in [0.5, 0.6) is 0 Å². The molecule has 2 aliphatic rings. The number of hydrogen-bond donors (Lipinski definition) is 7. The first-order chi connectivity index (χ1) is 13.5. The highest BCUT2D eigenvalue weighted by molar-refractivity contribution is 7.80. The van der Waals surface area contributed by atoms with Crippen LogP contribution in [-0.4, -0.2) is 114 Å². The summed E-state index contributed by atoms with van der Waals surface area (Å²) in [5.41, 5.74) is 0. The second-order valence-electron chi connectivity index (χ2n) is 6.58. The molecule has 2 heterocycles. The van der Waals surface area contributed by atoms with Gasteiger partial charge in [0.15, 0.2) is 12.4 Å². The molecule has 8 atom stereocenters. The molecule has 0 aliphatic carbocycles. The maximum atomic E-state index is 11.2. The highest BCUT2D eigenvalue weighted by Crippen LogP contribution is 2.29. The van der Waals surface area contributed by atoms with Crippen molar-refractivity contribution < 1.29 is 56.6 Å². The van der Waals surface area contributed by atoms with Crippen LogP contribution in [0.4, 0.5) is 0 Å². The van der Waals surface area contributed by atoms with E-state index < -0.39 is 72.0 Å².